The van der Waals surface area contributed by atoms with Crippen LogP contribution in [0.15, 0.2) is 49.1 Å². The first-order valence-electron chi connectivity index (χ1n) is 8.28. The van der Waals surface area contributed by atoms with Crippen LogP contribution in [0.2, 0.25) is 0 Å². The minimum atomic E-state index is -0.494. The molecular weight excluding hydrogens is 354 g/mol. The third kappa shape index (κ3) is 3.63. The number of halogens is 2. The minimum Gasteiger partial charge on any atom is -0.394 e. The highest BCUT2D eigenvalue weighted by Crippen LogP contribution is 2.21. The van der Waals surface area contributed by atoms with Crippen molar-refractivity contribution in [3.05, 3.63) is 66.3 Å². The van der Waals surface area contributed by atoms with Gasteiger partial charge in [-0.3, -0.25) is 9.36 Å². The number of hydrogen-bond donors (Lipinski definition) is 2. The summed E-state index contributed by atoms with van der Waals surface area (Å²) >= 11 is 0. The second kappa shape index (κ2) is 7.12. The lowest BCUT2D eigenvalue weighted by atomic mass is 10.2. The van der Waals surface area contributed by atoms with E-state index in [1.54, 1.807) is 40.2 Å². The Bertz CT molecular complexity index is 1090. The molecule has 0 saturated heterocycles. The second-order valence-corrected chi connectivity index (χ2v) is 6.01. The Kier molecular flexibility index (Phi) is 4.51. The van der Waals surface area contributed by atoms with E-state index in [-0.39, 0.29) is 18.7 Å². The highest BCUT2D eigenvalue weighted by molar-refractivity contribution is 5.81. The summed E-state index contributed by atoms with van der Waals surface area (Å²) in [5.41, 5.74) is 1.67. The Hall–Kier alpha value is -3.33. The zero-order valence-corrected chi connectivity index (χ0v) is 14.2. The van der Waals surface area contributed by atoms with Crippen LogP contribution < -0.4 is 5.32 Å². The number of fused-ring (bicyclic) bond motifs is 1. The van der Waals surface area contributed by atoms with Crippen LogP contribution in [0.3, 0.4) is 0 Å². The molecule has 0 amide bonds. The number of nitrogens with zero attached hydrogens (tertiary/aromatic N) is 5. The summed E-state index contributed by atoms with van der Waals surface area (Å²) in [6.07, 6.45) is 6.66. The molecule has 0 aliphatic carbocycles. The third-order valence-corrected chi connectivity index (χ3v) is 4.09. The maximum absolute atomic E-state index is 13.9. The van der Waals surface area contributed by atoms with E-state index >= 15 is 0 Å². The van der Waals surface area contributed by atoms with E-state index in [0.717, 1.165) is 28.7 Å². The first-order chi connectivity index (χ1) is 13.1. The van der Waals surface area contributed by atoms with Gasteiger partial charge in [0.05, 0.1) is 43.3 Å². The van der Waals surface area contributed by atoms with Crippen molar-refractivity contribution in [3.63, 3.8) is 0 Å². The van der Waals surface area contributed by atoms with E-state index < -0.39 is 11.6 Å². The molecule has 0 fully saturated rings. The Morgan fingerprint density at radius 2 is 1.96 bits per heavy atom. The summed E-state index contributed by atoms with van der Waals surface area (Å²) in [6.45, 7) is 0.506. The molecule has 7 nitrogen and oxygen atoms in total. The second-order valence-electron chi connectivity index (χ2n) is 6.01. The topological polar surface area (TPSA) is 80.8 Å². The van der Waals surface area contributed by atoms with Gasteiger partial charge in [-0.25, -0.2) is 13.8 Å². The van der Waals surface area contributed by atoms with E-state index in [9.17, 15) is 8.78 Å². The van der Waals surface area contributed by atoms with E-state index in [2.05, 4.69) is 20.5 Å². The molecular formula is C18H16F2N6O. The number of rotatable bonds is 6. The smallest absolute Gasteiger partial charge is 0.132 e. The van der Waals surface area contributed by atoms with Gasteiger partial charge in [-0.15, -0.1) is 0 Å². The summed E-state index contributed by atoms with van der Waals surface area (Å²) in [5.74, 6) is -0.414. The number of aliphatic hydroxyl groups excluding tert-OH is 1. The number of aliphatic hydroxyl groups is 1. The van der Waals surface area contributed by atoms with Crippen molar-refractivity contribution in [1.29, 1.82) is 0 Å². The van der Waals surface area contributed by atoms with Crippen LogP contribution in [0.1, 0.15) is 5.56 Å². The van der Waals surface area contributed by atoms with Crippen molar-refractivity contribution >= 4 is 22.4 Å². The molecule has 2 N–H and O–H groups in total. The van der Waals surface area contributed by atoms with Crippen LogP contribution in [0.4, 0.5) is 20.3 Å². The quantitative estimate of drug-likeness (QED) is 0.545. The van der Waals surface area contributed by atoms with Gasteiger partial charge >= 0.3 is 0 Å². The average Bonchev–Trinajstić information content (AvgIpc) is 3.26. The van der Waals surface area contributed by atoms with E-state index in [0.29, 0.717) is 12.4 Å². The molecule has 4 aromatic rings. The van der Waals surface area contributed by atoms with E-state index in [1.165, 1.54) is 6.07 Å². The summed E-state index contributed by atoms with van der Waals surface area (Å²) < 4.78 is 30.5. The third-order valence-electron chi connectivity index (χ3n) is 4.09. The Morgan fingerprint density at radius 3 is 2.81 bits per heavy atom. The number of aromatic nitrogens is 5. The fourth-order valence-electron chi connectivity index (χ4n) is 2.79. The van der Waals surface area contributed by atoms with Gasteiger partial charge in [0.2, 0.25) is 0 Å². The van der Waals surface area contributed by atoms with E-state index in [4.69, 9.17) is 5.11 Å². The maximum Gasteiger partial charge on any atom is 0.132 e. The zero-order chi connectivity index (χ0) is 18.8. The van der Waals surface area contributed by atoms with Crippen LogP contribution in [0, 0.1) is 11.6 Å². The molecule has 0 saturated carbocycles. The molecule has 3 heterocycles. The summed E-state index contributed by atoms with van der Waals surface area (Å²) in [6, 6.07) is 5.14. The lowest BCUT2D eigenvalue weighted by molar-refractivity contribution is 0.269. The number of pyridine rings is 1. The summed E-state index contributed by atoms with van der Waals surface area (Å²) in [4.78, 5) is 4.32. The number of hydrogen-bond acceptors (Lipinski definition) is 5. The SMILES string of the molecule is OCCn1cc(Nc2cc3c(cn2)cnn3Cc2cc(F)ccc2F)cn1. The number of anilines is 2. The first kappa shape index (κ1) is 17.1. The van der Waals surface area contributed by atoms with Crippen LogP contribution in [0.5, 0.6) is 0 Å². The Balaban J connectivity index is 1.61. The van der Waals surface area contributed by atoms with Gasteiger partial charge in [-0.1, -0.05) is 0 Å². The zero-order valence-electron chi connectivity index (χ0n) is 14.2. The predicted molar refractivity (Wildman–Crippen MR) is 95.6 cm³/mol. The Labute approximate surface area is 152 Å². The normalized spacial score (nSPS) is 11.2. The van der Waals surface area contributed by atoms with Crippen molar-refractivity contribution in [3.8, 4) is 0 Å². The maximum atomic E-state index is 13.9. The van der Waals surface area contributed by atoms with E-state index in [1.807, 2.05) is 0 Å². The molecule has 0 radical (unpaired) electrons. The fourth-order valence-corrected chi connectivity index (χ4v) is 2.79. The number of nitrogens with one attached hydrogen (secondary N) is 1. The van der Waals surface area contributed by atoms with Gasteiger partial charge in [-0.05, 0) is 18.2 Å². The molecule has 9 heteroatoms. The van der Waals surface area contributed by atoms with Gasteiger partial charge in [0.15, 0.2) is 0 Å². The molecule has 1 aromatic carbocycles. The van der Waals surface area contributed by atoms with Crippen molar-refractivity contribution < 1.29 is 13.9 Å². The average molecular weight is 370 g/mol. The fraction of sp³-hybridized carbons (Fsp3) is 0.167. The van der Waals surface area contributed by atoms with Crippen LogP contribution in [-0.4, -0.2) is 36.3 Å². The molecule has 27 heavy (non-hydrogen) atoms. The highest BCUT2D eigenvalue weighted by atomic mass is 19.1. The molecule has 0 unspecified atom stereocenters. The molecule has 0 atom stereocenters. The van der Waals surface area contributed by atoms with Crippen molar-refractivity contribution in [2.75, 3.05) is 11.9 Å². The molecule has 4 rings (SSSR count). The molecule has 0 spiro atoms. The van der Waals surface area contributed by atoms with Crippen molar-refractivity contribution in [2.45, 2.75) is 13.1 Å². The van der Waals surface area contributed by atoms with Gasteiger partial charge in [0, 0.05) is 29.4 Å². The van der Waals surface area contributed by atoms with Crippen LogP contribution in [0.25, 0.3) is 10.9 Å². The molecule has 3 aromatic heterocycles. The monoisotopic (exact) mass is 370 g/mol. The van der Waals surface area contributed by atoms with Gasteiger partial charge in [0.25, 0.3) is 0 Å². The summed E-state index contributed by atoms with van der Waals surface area (Å²) in [7, 11) is 0. The number of benzene rings is 1. The molecule has 0 aliphatic rings. The first-order valence-corrected chi connectivity index (χ1v) is 8.28. The van der Waals surface area contributed by atoms with Crippen LogP contribution in [-0.2, 0) is 13.1 Å². The molecule has 0 bridgehead atoms. The summed E-state index contributed by atoms with van der Waals surface area (Å²) in [5, 5.41) is 21.2. The molecule has 138 valence electrons. The van der Waals surface area contributed by atoms with Gasteiger partial charge in [0.1, 0.15) is 17.5 Å². The Morgan fingerprint density at radius 1 is 1.07 bits per heavy atom. The van der Waals surface area contributed by atoms with Gasteiger partial charge in [-0.2, -0.15) is 10.2 Å². The lowest BCUT2D eigenvalue weighted by Crippen LogP contribution is -2.04. The van der Waals surface area contributed by atoms with Crippen molar-refractivity contribution in [1.82, 2.24) is 24.5 Å². The highest BCUT2D eigenvalue weighted by Gasteiger charge is 2.10. The van der Waals surface area contributed by atoms with Crippen molar-refractivity contribution in [2.24, 2.45) is 0 Å². The lowest BCUT2D eigenvalue weighted by Gasteiger charge is -2.07. The molecule has 0 aliphatic heterocycles. The largest absolute Gasteiger partial charge is 0.394 e. The standard InChI is InChI=1S/C18H16F2N6O/c19-14-1-2-16(20)12(5-14)10-26-17-6-18(21-7-13(17)8-23-26)24-15-9-22-25(11-15)3-4-27/h1-2,5-9,11,27H,3-4,10H2,(H,21,24). The van der Waals surface area contributed by atoms with Gasteiger partial charge < -0.3 is 10.4 Å². The predicted octanol–water partition coefficient (Wildman–Crippen LogP) is 2.69. The van der Waals surface area contributed by atoms with Crippen LogP contribution >= 0.6 is 0 Å². The minimum absolute atomic E-state index is 0.00114.